The van der Waals surface area contributed by atoms with E-state index in [1.807, 2.05) is 0 Å². The minimum atomic E-state index is -1.15. The topological polar surface area (TPSA) is 98.0 Å². The van der Waals surface area contributed by atoms with Gasteiger partial charge in [-0.15, -0.1) is 0 Å². The standard InChI is InChI=1S/C31H54O5/c1-3-5-7-9-11-13-15-17-19-21-23-25-27(31(35)36)26(29(33)30(34)28(25)32)24-22-20-18-16-14-12-10-8-6-4-2/h32-34H,3-24H2,1-2H3,(H,35,36). The van der Waals surface area contributed by atoms with E-state index in [9.17, 15) is 25.2 Å². The Labute approximate surface area is 220 Å². The summed E-state index contributed by atoms with van der Waals surface area (Å²) >= 11 is 0. The lowest BCUT2D eigenvalue weighted by Gasteiger charge is -2.17. The average molecular weight is 507 g/mol. The van der Waals surface area contributed by atoms with Crippen LogP contribution in [0.1, 0.15) is 164 Å². The van der Waals surface area contributed by atoms with E-state index in [-0.39, 0.29) is 16.7 Å². The number of rotatable bonds is 23. The fourth-order valence-corrected chi connectivity index (χ4v) is 5.14. The van der Waals surface area contributed by atoms with Crippen molar-refractivity contribution in [2.24, 2.45) is 0 Å². The highest BCUT2D eigenvalue weighted by Gasteiger charge is 2.26. The van der Waals surface area contributed by atoms with Crippen molar-refractivity contribution in [1.82, 2.24) is 0 Å². The number of phenols is 3. The third kappa shape index (κ3) is 12.4. The van der Waals surface area contributed by atoms with Crippen molar-refractivity contribution in [3.63, 3.8) is 0 Å². The Hall–Kier alpha value is -1.91. The molecular formula is C31H54O5. The lowest BCUT2D eigenvalue weighted by Crippen LogP contribution is -2.09. The Balaban J connectivity index is 2.54. The second-order valence-corrected chi connectivity index (χ2v) is 10.5. The maximum Gasteiger partial charge on any atom is 0.336 e. The van der Waals surface area contributed by atoms with Crippen LogP contribution in [0.4, 0.5) is 0 Å². The lowest BCUT2D eigenvalue weighted by atomic mass is 9.91. The van der Waals surface area contributed by atoms with Crippen LogP contribution in [0.3, 0.4) is 0 Å². The number of hydrogen-bond acceptors (Lipinski definition) is 4. The van der Waals surface area contributed by atoms with Crippen molar-refractivity contribution >= 4 is 5.97 Å². The molecular weight excluding hydrogens is 452 g/mol. The second-order valence-electron chi connectivity index (χ2n) is 10.5. The molecule has 0 aliphatic heterocycles. The molecule has 0 unspecified atom stereocenters. The van der Waals surface area contributed by atoms with Gasteiger partial charge >= 0.3 is 5.97 Å². The van der Waals surface area contributed by atoms with Gasteiger partial charge in [0, 0.05) is 11.1 Å². The van der Waals surface area contributed by atoms with Crippen molar-refractivity contribution in [3.8, 4) is 17.2 Å². The summed E-state index contributed by atoms with van der Waals surface area (Å²) in [6.45, 7) is 4.45. The van der Waals surface area contributed by atoms with Gasteiger partial charge in [0.25, 0.3) is 0 Å². The van der Waals surface area contributed by atoms with Crippen molar-refractivity contribution in [2.75, 3.05) is 0 Å². The fraction of sp³-hybridized carbons (Fsp3) is 0.774. The molecule has 0 aromatic heterocycles. The highest BCUT2D eigenvalue weighted by Crippen LogP contribution is 2.44. The van der Waals surface area contributed by atoms with E-state index in [2.05, 4.69) is 13.8 Å². The largest absolute Gasteiger partial charge is 0.504 e. The van der Waals surface area contributed by atoms with Crippen molar-refractivity contribution < 1.29 is 25.2 Å². The third-order valence-electron chi connectivity index (χ3n) is 7.40. The van der Waals surface area contributed by atoms with Crippen LogP contribution in [0.15, 0.2) is 0 Å². The SMILES string of the molecule is CCCCCCCCCCCCc1c(O)c(O)c(O)c(CCCCCCCCCCCC)c1C(=O)O. The molecule has 1 aromatic rings. The van der Waals surface area contributed by atoms with Crippen molar-refractivity contribution in [2.45, 2.75) is 155 Å². The monoisotopic (exact) mass is 506 g/mol. The van der Waals surface area contributed by atoms with E-state index >= 15 is 0 Å². The molecule has 0 aliphatic rings. The van der Waals surface area contributed by atoms with Gasteiger partial charge < -0.3 is 20.4 Å². The van der Waals surface area contributed by atoms with Gasteiger partial charge in [-0.3, -0.25) is 0 Å². The molecule has 0 bridgehead atoms. The van der Waals surface area contributed by atoms with E-state index in [4.69, 9.17) is 0 Å². The first-order valence-electron chi connectivity index (χ1n) is 15.0. The number of aromatic carboxylic acids is 1. The number of hydrogen-bond donors (Lipinski definition) is 4. The molecule has 1 rings (SSSR count). The molecule has 0 amide bonds. The Kier molecular flexibility index (Phi) is 18.0. The van der Waals surface area contributed by atoms with Crippen LogP contribution in [0, 0.1) is 0 Å². The van der Waals surface area contributed by atoms with Crippen molar-refractivity contribution in [3.05, 3.63) is 16.7 Å². The molecule has 0 fully saturated rings. The Morgan fingerprint density at radius 2 is 0.750 bits per heavy atom. The van der Waals surface area contributed by atoms with E-state index in [1.165, 1.54) is 89.9 Å². The number of benzene rings is 1. The molecule has 0 atom stereocenters. The van der Waals surface area contributed by atoms with Crippen LogP contribution in [-0.4, -0.2) is 26.4 Å². The van der Waals surface area contributed by atoms with Crippen LogP contribution in [0.25, 0.3) is 0 Å². The second kappa shape index (κ2) is 20.2. The molecule has 208 valence electrons. The molecule has 5 heteroatoms. The minimum Gasteiger partial charge on any atom is -0.504 e. The van der Waals surface area contributed by atoms with Gasteiger partial charge in [0.1, 0.15) is 0 Å². The minimum absolute atomic E-state index is 0.0188. The van der Waals surface area contributed by atoms with Gasteiger partial charge in [-0.25, -0.2) is 4.79 Å². The summed E-state index contributed by atoms with van der Waals surface area (Å²) in [5, 5.41) is 41.1. The van der Waals surface area contributed by atoms with Crippen LogP contribution < -0.4 is 0 Å². The number of carbonyl (C=O) groups is 1. The highest BCUT2D eigenvalue weighted by molar-refractivity contribution is 5.94. The first-order valence-corrected chi connectivity index (χ1v) is 15.0. The van der Waals surface area contributed by atoms with E-state index < -0.39 is 23.2 Å². The van der Waals surface area contributed by atoms with Gasteiger partial charge in [0.15, 0.2) is 11.5 Å². The zero-order valence-corrected chi connectivity index (χ0v) is 23.3. The summed E-state index contributed by atoms with van der Waals surface area (Å²) in [7, 11) is 0. The quantitative estimate of drug-likeness (QED) is 0.0875. The Bertz CT molecular complexity index is 677. The fourth-order valence-electron chi connectivity index (χ4n) is 5.14. The maximum absolute atomic E-state index is 12.1. The Morgan fingerprint density at radius 1 is 0.472 bits per heavy atom. The normalized spacial score (nSPS) is 11.3. The van der Waals surface area contributed by atoms with Crippen LogP contribution in [0.2, 0.25) is 0 Å². The molecule has 0 aliphatic carbocycles. The Morgan fingerprint density at radius 3 is 1.03 bits per heavy atom. The predicted octanol–water partition coefficient (Wildman–Crippen LogP) is 9.43. The summed E-state index contributed by atoms with van der Waals surface area (Å²) in [5.74, 6) is -2.69. The van der Waals surface area contributed by atoms with Crippen molar-refractivity contribution in [1.29, 1.82) is 0 Å². The number of aromatic hydroxyl groups is 3. The first kappa shape index (κ1) is 32.1. The molecule has 4 N–H and O–H groups in total. The summed E-state index contributed by atoms with van der Waals surface area (Å²) in [4.78, 5) is 12.1. The van der Waals surface area contributed by atoms with Gasteiger partial charge in [-0.05, 0) is 25.7 Å². The molecule has 0 saturated carbocycles. The molecule has 36 heavy (non-hydrogen) atoms. The lowest BCUT2D eigenvalue weighted by molar-refractivity contribution is 0.0693. The van der Waals surface area contributed by atoms with Gasteiger partial charge in [0.05, 0.1) is 5.56 Å². The maximum atomic E-state index is 12.1. The van der Waals surface area contributed by atoms with Crippen LogP contribution >= 0.6 is 0 Å². The third-order valence-corrected chi connectivity index (χ3v) is 7.40. The number of unbranched alkanes of at least 4 members (excludes halogenated alkanes) is 18. The molecule has 0 saturated heterocycles. The summed E-state index contributed by atoms with van der Waals surface area (Å²) < 4.78 is 0. The van der Waals surface area contributed by atoms with E-state index in [1.54, 1.807) is 0 Å². The molecule has 1 aromatic carbocycles. The predicted molar refractivity (Wildman–Crippen MR) is 149 cm³/mol. The molecule has 5 nitrogen and oxygen atoms in total. The number of carboxylic acid groups (broad SMARTS) is 1. The number of phenolic OH excluding ortho intramolecular Hbond substituents is 3. The zero-order chi connectivity index (χ0) is 26.6. The van der Waals surface area contributed by atoms with E-state index in [0.717, 1.165) is 38.5 Å². The van der Waals surface area contributed by atoms with Gasteiger partial charge in [0.2, 0.25) is 5.75 Å². The van der Waals surface area contributed by atoms with E-state index in [0.29, 0.717) is 12.8 Å². The van der Waals surface area contributed by atoms with Gasteiger partial charge in [-0.1, -0.05) is 129 Å². The van der Waals surface area contributed by atoms with Gasteiger partial charge in [-0.2, -0.15) is 0 Å². The average Bonchev–Trinajstić information content (AvgIpc) is 2.86. The zero-order valence-electron chi connectivity index (χ0n) is 23.3. The molecule has 0 radical (unpaired) electrons. The molecule has 0 heterocycles. The highest BCUT2D eigenvalue weighted by atomic mass is 16.4. The molecule has 0 spiro atoms. The smallest absolute Gasteiger partial charge is 0.336 e. The number of carboxylic acids is 1. The first-order chi connectivity index (χ1) is 17.5. The summed E-state index contributed by atoms with van der Waals surface area (Å²) in [6, 6.07) is 0. The van der Waals surface area contributed by atoms with Crippen LogP contribution in [0.5, 0.6) is 17.2 Å². The van der Waals surface area contributed by atoms with Crippen LogP contribution in [-0.2, 0) is 12.8 Å². The summed E-state index contributed by atoms with van der Waals surface area (Å²) in [6.07, 6.45) is 24.2. The summed E-state index contributed by atoms with van der Waals surface area (Å²) in [5.41, 5.74) is 0.508.